The first-order chi connectivity index (χ1) is 9.60. The fourth-order valence-corrected chi connectivity index (χ4v) is 2.50. The van der Waals surface area contributed by atoms with Crippen LogP contribution in [0.5, 0.6) is 0 Å². The first-order valence-electron chi connectivity index (χ1n) is 6.50. The molecule has 20 heavy (non-hydrogen) atoms. The maximum atomic E-state index is 14.1. The van der Waals surface area contributed by atoms with Crippen LogP contribution in [0.1, 0.15) is 18.1 Å². The smallest absolute Gasteiger partial charge is 0.240 e. The van der Waals surface area contributed by atoms with Gasteiger partial charge in [0.15, 0.2) is 5.65 Å². The van der Waals surface area contributed by atoms with Crippen LogP contribution in [0, 0.1) is 12.7 Å². The summed E-state index contributed by atoms with van der Waals surface area (Å²) in [5.74, 6) is 0.0283. The zero-order valence-corrected chi connectivity index (χ0v) is 11.4. The minimum Gasteiger partial charge on any atom is -0.366 e. The van der Waals surface area contributed by atoms with Crippen molar-refractivity contribution >= 4 is 11.6 Å². The molecule has 2 N–H and O–H groups in total. The number of rotatable bonds is 2. The highest BCUT2D eigenvalue weighted by molar-refractivity contribution is 5.80. The molecule has 1 aromatic carbocycles. The van der Waals surface area contributed by atoms with Gasteiger partial charge in [0.2, 0.25) is 5.95 Å². The van der Waals surface area contributed by atoms with E-state index in [9.17, 15) is 4.39 Å². The molecule has 2 aromatic heterocycles. The lowest BCUT2D eigenvalue weighted by molar-refractivity contribution is 0.612. The van der Waals surface area contributed by atoms with Gasteiger partial charge in [0.1, 0.15) is 5.82 Å². The van der Waals surface area contributed by atoms with Gasteiger partial charge in [-0.15, -0.1) is 5.10 Å². The summed E-state index contributed by atoms with van der Waals surface area (Å²) in [6.07, 6.45) is 2.39. The molecule has 102 valence electrons. The number of aromatic nitrogens is 3. The summed E-state index contributed by atoms with van der Waals surface area (Å²) in [6.45, 7) is 3.82. The molecule has 2 heterocycles. The lowest BCUT2D eigenvalue weighted by atomic mass is 9.96. The van der Waals surface area contributed by atoms with Crippen molar-refractivity contribution in [2.75, 3.05) is 5.73 Å². The topological polar surface area (TPSA) is 56.2 Å². The van der Waals surface area contributed by atoms with E-state index in [4.69, 9.17) is 5.73 Å². The Morgan fingerprint density at radius 2 is 2.10 bits per heavy atom. The van der Waals surface area contributed by atoms with Crippen molar-refractivity contribution in [2.24, 2.45) is 0 Å². The van der Waals surface area contributed by atoms with E-state index in [-0.39, 0.29) is 11.8 Å². The molecule has 0 aliphatic heterocycles. The second kappa shape index (κ2) is 4.59. The molecule has 4 nitrogen and oxygen atoms in total. The van der Waals surface area contributed by atoms with E-state index >= 15 is 0 Å². The van der Waals surface area contributed by atoms with E-state index in [1.165, 1.54) is 0 Å². The lowest BCUT2D eigenvalue weighted by Gasteiger charge is -2.11. The number of fused-ring (bicyclic) bond motifs is 1. The number of benzene rings is 1. The first-order valence-corrected chi connectivity index (χ1v) is 6.50. The number of pyridine rings is 1. The molecule has 0 aliphatic carbocycles. The highest BCUT2D eigenvalue weighted by Crippen LogP contribution is 2.30. The number of halogens is 1. The van der Waals surface area contributed by atoms with E-state index in [2.05, 4.69) is 10.1 Å². The molecule has 3 aromatic rings. The number of nitrogen functional groups attached to an aromatic ring is 1. The van der Waals surface area contributed by atoms with E-state index in [0.29, 0.717) is 17.6 Å². The Labute approximate surface area is 116 Å². The minimum absolute atomic E-state index is 0.183. The van der Waals surface area contributed by atoms with Gasteiger partial charge in [0, 0.05) is 11.8 Å². The monoisotopic (exact) mass is 270 g/mol. The maximum Gasteiger partial charge on any atom is 0.240 e. The molecule has 0 bridgehead atoms. The standard InChI is InChI=1S/C15H15FN4/c1-3-10-12(7-9(2)8-13(10)16)11-5-4-6-20-14(11)18-15(17)19-20/h4-8H,3H2,1-2H3,(H2,17,19). The van der Waals surface area contributed by atoms with Gasteiger partial charge >= 0.3 is 0 Å². The van der Waals surface area contributed by atoms with Crippen LogP contribution in [0.25, 0.3) is 16.8 Å². The van der Waals surface area contributed by atoms with E-state index < -0.39 is 0 Å². The molecule has 0 aliphatic rings. The zero-order chi connectivity index (χ0) is 14.3. The third-order valence-corrected chi connectivity index (χ3v) is 3.36. The molecule has 3 rings (SSSR count). The van der Waals surface area contributed by atoms with Crippen molar-refractivity contribution in [1.29, 1.82) is 0 Å². The van der Waals surface area contributed by atoms with Gasteiger partial charge in [-0.1, -0.05) is 13.0 Å². The van der Waals surface area contributed by atoms with Crippen molar-refractivity contribution in [3.8, 4) is 11.1 Å². The summed E-state index contributed by atoms with van der Waals surface area (Å²) in [6, 6.07) is 7.30. The molecular weight excluding hydrogens is 255 g/mol. The fourth-order valence-electron chi connectivity index (χ4n) is 2.50. The Hall–Kier alpha value is -2.43. The molecule has 0 saturated carbocycles. The fraction of sp³-hybridized carbons (Fsp3) is 0.200. The Bertz CT molecular complexity index is 792. The lowest BCUT2D eigenvalue weighted by Crippen LogP contribution is -1.97. The Balaban J connectivity index is 2.36. The highest BCUT2D eigenvalue weighted by Gasteiger charge is 2.14. The van der Waals surface area contributed by atoms with Crippen molar-refractivity contribution in [3.63, 3.8) is 0 Å². The Morgan fingerprint density at radius 3 is 2.85 bits per heavy atom. The van der Waals surface area contributed by atoms with E-state index in [1.54, 1.807) is 16.8 Å². The number of anilines is 1. The quantitative estimate of drug-likeness (QED) is 0.778. The van der Waals surface area contributed by atoms with Gasteiger partial charge in [0.05, 0.1) is 0 Å². The van der Waals surface area contributed by atoms with E-state index in [1.807, 2.05) is 32.0 Å². The third-order valence-electron chi connectivity index (χ3n) is 3.36. The second-order valence-corrected chi connectivity index (χ2v) is 4.79. The van der Waals surface area contributed by atoms with Crippen LogP contribution in [0.3, 0.4) is 0 Å². The molecule has 5 heteroatoms. The predicted octanol–water partition coefficient (Wildman–Crippen LogP) is 2.99. The van der Waals surface area contributed by atoms with Crippen LogP contribution in [0.15, 0.2) is 30.5 Å². The summed E-state index contributed by atoms with van der Waals surface area (Å²) >= 11 is 0. The van der Waals surface area contributed by atoms with Gasteiger partial charge < -0.3 is 5.73 Å². The Morgan fingerprint density at radius 1 is 1.30 bits per heavy atom. The van der Waals surface area contributed by atoms with Crippen LogP contribution < -0.4 is 5.73 Å². The van der Waals surface area contributed by atoms with Crippen LogP contribution in [-0.2, 0) is 6.42 Å². The molecule has 0 unspecified atom stereocenters. The van der Waals surface area contributed by atoms with Crippen molar-refractivity contribution < 1.29 is 4.39 Å². The van der Waals surface area contributed by atoms with Crippen LogP contribution >= 0.6 is 0 Å². The molecule has 0 amide bonds. The minimum atomic E-state index is -0.183. The van der Waals surface area contributed by atoms with Gasteiger partial charge in [-0.25, -0.2) is 8.91 Å². The first kappa shape index (κ1) is 12.6. The van der Waals surface area contributed by atoms with Crippen molar-refractivity contribution in [1.82, 2.24) is 14.6 Å². The van der Waals surface area contributed by atoms with Gasteiger partial charge in [-0.05, 0) is 48.2 Å². The number of hydrogen-bond donors (Lipinski definition) is 1. The number of aryl methyl sites for hydroxylation is 1. The van der Waals surface area contributed by atoms with Crippen molar-refractivity contribution in [2.45, 2.75) is 20.3 Å². The molecule has 0 fully saturated rings. The summed E-state index contributed by atoms with van der Waals surface area (Å²) < 4.78 is 15.8. The van der Waals surface area contributed by atoms with E-state index in [0.717, 1.165) is 16.7 Å². The van der Waals surface area contributed by atoms with Crippen molar-refractivity contribution in [3.05, 3.63) is 47.4 Å². The Kier molecular flexibility index (Phi) is 2.89. The average molecular weight is 270 g/mol. The average Bonchev–Trinajstić information content (AvgIpc) is 2.77. The summed E-state index contributed by atoms with van der Waals surface area (Å²) in [5.41, 5.74) is 9.55. The predicted molar refractivity (Wildman–Crippen MR) is 76.9 cm³/mol. The summed E-state index contributed by atoms with van der Waals surface area (Å²) in [5, 5.41) is 4.09. The number of nitrogens with two attached hydrogens (primary N) is 1. The van der Waals surface area contributed by atoms with Crippen LogP contribution in [0.4, 0.5) is 10.3 Å². The van der Waals surface area contributed by atoms with Gasteiger partial charge in [0.25, 0.3) is 0 Å². The van der Waals surface area contributed by atoms with Gasteiger partial charge in [-0.2, -0.15) is 4.98 Å². The van der Waals surface area contributed by atoms with Gasteiger partial charge in [-0.3, -0.25) is 0 Å². The molecule has 0 spiro atoms. The summed E-state index contributed by atoms with van der Waals surface area (Å²) in [4.78, 5) is 4.23. The molecule has 0 saturated heterocycles. The highest BCUT2D eigenvalue weighted by atomic mass is 19.1. The van der Waals surface area contributed by atoms with Crippen LogP contribution in [-0.4, -0.2) is 14.6 Å². The summed E-state index contributed by atoms with van der Waals surface area (Å²) in [7, 11) is 0. The molecule has 0 radical (unpaired) electrons. The normalized spacial score (nSPS) is 11.2. The van der Waals surface area contributed by atoms with Crippen LogP contribution in [0.2, 0.25) is 0 Å². The second-order valence-electron chi connectivity index (χ2n) is 4.79. The number of hydrogen-bond acceptors (Lipinski definition) is 3. The SMILES string of the molecule is CCc1c(F)cc(C)cc1-c1cccn2nc(N)nc12. The maximum absolute atomic E-state index is 14.1. The number of nitrogens with zero attached hydrogens (tertiary/aromatic N) is 3. The molecule has 0 atom stereocenters. The largest absolute Gasteiger partial charge is 0.366 e. The molecular formula is C15H15FN4. The zero-order valence-electron chi connectivity index (χ0n) is 11.4. The third kappa shape index (κ3) is 1.91.